The van der Waals surface area contributed by atoms with Crippen molar-refractivity contribution in [3.05, 3.63) is 35.6 Å². The molecule has 100 valence electrons. The lowest BCUT2D eigenvalue weighted by Crippen LogP contribution is -2.46. The third kappa shape index (κ3) is 4.11. The van der Waals surface area contributed by atoms with Crippen molar-refractivity contribution in [3.8, 4) is 0 Å². The SMILES string of the molecule is CC(CC(=O)NC(C)(C)CO)c1ccccc1F. The normalized spacial score (nSPS) is 13.2. The summed E-state index contributed by atoms with van der Waals surface area (Å²) in [5.41, 5.74) is -0.110. The van der Waals surface area contributed by atoms with E-state index in [0.29, 0.717) is 5.56 Å². The lowest BCUT2D eigenvalue weighted by molar-refractivity contribution is -0.123. The lowest BCUT2D eigenvalue weighted by atomic mass is 9.96. The van der Waals surface area contributed by atoms with Crippen LogP contribution < -0.4 is 5.32 Å². The molecule has 2 N–H and O–H groups in total. The molecule has 0 heterocycles. The van der Waals surface area contributed by atoms with Gasteiger partial charge in [0.2, 0.25) is 5.91 Å². The van der Waals surface area contributed by atoms with Gasteiger partial charge >= 0.3 is 0 Å². The Morgan fingerprint density at radius 1 is 1.44 bits per heavy atom. The first-order valence-electron chi connectivity index (χ1n) is 6.02. The van der Waals surface area contributed by atoms with Gasteiger partial charge in [0.25, 0.3) is 0 Å². The predicted molar refractivity (Wildman–Crippen MR) is 68.7 cm³/mol. The van der Waals surface area contributed by atoms with E-state index in [1.54, 1.807) is 32.0 Å². The number of carbonyl (C=O) groups is 1. The van der Waals surface area contributed by atoms with Crippen molar-refractivity contribution < 1.29 is 14.3 Å². The summed E-state index contributed by atoms with van der Waals surface area (Å²) in [6, 6.07) is 6.46. The Morgan fingerprint density at radius 3 is 2.61 bits per heavy atom. The van der Waals surface area contributed by atoms with E-state index in [1.165, 1.54) is 6.07 Å². The summed E-state index contributed by atoms with van der Waals surface area (Å²) >= 11 is 0. The molecular weight excluding hydrogens is 233 g/mol. The zero-order valence-corrected chi connectivity index (χ0v) is 11.0. The van der Waals surface area contributed by atoms with Crippen LogP contribution in [0.2, 0.25) is 0 Å². The number of nitrogens with one attached hydrogen (secondary N) is 1. The number of rotatable bonds is 5. The summed E-state index contributed by atoms with van der Waals surface area (Å²) in [6.45, 7) is 5.15. The van der Waals surface area contributed by atoms with Gasteiger partial charge in [-0.3, -0.25) is 4.79 Å². The second kappa shape index (κ2) is 5.96. The molecule has 0 aliphatic carbocycles. The molecule has 0 aliphatic rings. The summed E-state index contributed by atoms with van der Waals surface area (Å²) in [5.74, 6) is -0.676. The lowest BCUT2D eigenvalue weighted by Gasteiger charge is -2.24. The highest BCUT2D eigenvalue weighted by Gasteiger charge is 2.21. The number of hydrogen-bond donors (Lipinski definition) is 2. The van der Waals surface area contributed by atoms with Gasteiger partial charge in [0, 0.05) is 6.42 Å². The molecule has 0 spiro atoms. The standard InChI is InChI=1S/C14H20FNO2/c1-10(11-6-4-5-7-12(11)15)8-13(18)16-14(2,3)9-17/h4-7,10,17H,8-9H2,1-3H3,(H,16,18). The molecule has 1 unspecified atom stereocenters. The Hall–Kier alpha value is -1.42. The fraction of sp³-hybridized carbons (Fsp3) is 0.500. The van der Waals surface area contributed by atoms with Crippen LogP contribution in [0, 0.1) is 5.82 Å². The number of amides is 1. The van der Waals surface area contributed by atoms with E-state index < -0.39 is 5.54 Å². The molecule has 1 amide bonds. The van der Waals surface area contributed by atoms with Crippen molar-refractivity contribution in [2.75, 3.05) is 6.61 Å². The van der Waals surface area contributed by atoms with Crippen LogP contribution in [-0.2, 0) is 4.79 Å². The molecule has 1 rings (SSSR count). The van der Waals surface area contributed by atoms with Gasteiger partial charge in [-0.1, -0.05) is 25.1 Å². The van der Waals surface area contributed by atoms with Gasteiger partial charge < -0.3 is 10.4 Å². The van der Waals surface area contributed by atoms with Crippen LogP contribution in [0.4, 0.5) is 4.39 Å². The van der Waals surface area contributed by atoms with Crippen molar-refractivity contribution in [2.24, 2.45) is 0 Å². The molecule has 0 radical (unpaired) electrons. The van der Waals surface area contributed by atoms with E-state index in [1.807, 2.05) is 6.92 Å². The minimum absolute atomic E-state index is 0.132. The fourth-order valence-electron chi connectivity index (χ4n) is 1.73. The quantitative estimate of drug-likeness (QED) is 0.845. The first-order valence-corrected chi connectivity index (χ1v) is 6.02. The van der Waals surface area contributed by atoms with Gasteiger partial charge in [0.1, 0.15) is 5.82 Å². The summed E-state index contributed by atoms with van der Waals surface area (Å²) in [7, 11) is 0. The van der Waals surface area contributed by atoms with Crippen molar-refractivity contribution in [2.45, 2.75) is 38.6 Å². The van der Waals surface area contributed by atoms with E-state index in [0.717, 1.165) is 0 Å². The van der Waals surface area contributed by atoms with Crippen molar-refractivity contribution >= 4 is 5.91 Å². The molecule has 0 aromatic heterocycles. The van der Waals surface area contributed by atoms with E-state index in [9.17, 15) is 9.18 Å². The van der Waals surface area contributed by atoms with Crippen LogP contribution in [0.3, 0.4) is 0 Å². The van der Waals surface area contributed by atoms with Gasteiger partial charge in [-0.05, 0) is 31.4 Å². The van der Waals surface area contributed by atoms with Gasteiger partial charge in [0.15, 0.2) is 0 Å². The van der Waals surface area contributed by atoms with Crippen LogP contribution in [0.25, 0.3) is 0 Å². The number of benzene rings is 1. The summed E-state index contributed by atoms with van der Waals surface area (Å²) in [6.07, 6.45) is 0.199. The molecule has 4 heteroatoms. The Balaban J connectivity index is 2.63. The maximum Gasteiger partial charge on any atom is 0.221 e. The summed E-state index contributed by atoms with van der Waals surface area (Å²) in [5, 5.41) is 11.8. The first kappa shape index (κ1) is 14.6. The highest BCUT2D eigenvalue weighted by Crippen LogP contribution is 2.21. The number of hydrogen-bond acceptors (Lipinski definition) is 2. The predicted octanol–water partition coefficient (Wildman–Crippen LogP) is 2.21. The molecule has 0 aliphatic heterocycles. The molecule has 3 nitrogen and oxygen atoms in total. The second-order valence-corrected chi connectivity index (χ2v) is 5.22. The number of aliphatic hydroxyl groups is 1. The second-order valence-electron chi connectivity index (χ2n) is 5.22. The highest BCUT2D eigenvalue weighted by atomic mass is 19.1. The Morgan fingerprint density at radius 2 is 2.06 bits per heavy atom. The van der Waals surface area contributed by atoms with Gasteiger partial charge in [-0.25, -0.2) is 4.39 Å². The zero-order valence-electron chi connectivity index (χ0n) is 11.0. The van der Waals surface area contributed by atoms with Gasteiger partial charge in [-0.15, -0.1) is 0 Å². The van der Waals surface area contributed by atoms with E-state index in [-0.39, 0.29) is 30.7 Å². The van der Waals surface area contributed by atoms with Crippen LogP contribution in [0.1, 0.15) is 38.7 Å². The number of halogens is 1. The number of aliphatic hydroxyl groups excluding tert-OH is 1. The Kier molecular flexibility index (Phi) is 4.84. The number of carbonyl (C=O) groups excluding carboxylic acids is 1. The van der Waals surface area contributed by atoms with E-state index >= 15 is 0 Å². The maximum absolute atomic E-state index is 13.5. The van der Waals surface area contributed by atoms with Crippen LogP contribution in [0.15, 0.2) is 24.3 Å². The first-order chi connectivity index (χ1) is 8.35. The maximum atomic E-state index is 13.5. The monoisotopic (exact) mass is 253 g/mol. The van der Waals surface area contributed by atoms with Gasteiger partial charge in [-0.2, -0.15) is 0 Å². The minimum atomic E-state index is -0.647. The van der Waals surface area contributed by atoms with Crippen molar-refractivity contribution in [3.63, 3.8) is 0 Å². The average Bonchev–Trinajstić information content (AvgIpc) is 2.28. The molecule has 0 bridgehead atoms. The molecule has 1 atom stereocenters. The van der Waals surface area contributed by atoms with E-state index in [4.69, 9.17) is 5.11 Å². The van der Waals surface area contributed by atoms with Crippen molar-refractivity contribution in [1.82, 2.24) is 5.32 Å². The topological polar surface area (TPSA) is 49.3 Å². The Bertz CT molecular complexity index is 418. The van der Waals surface area contributed by atoms with Crippen LogP contribution >= 0.6 is 0 Å². The molecule has 18 heavy (non-hydrogen) atoms. The molecule has 0 saturated heterocycles. The molecule has 1 aromatic carbocycles. The molecular formula is C14H20FNO2. The van der Waals surface area contributed by atoms with E-state index in [2.05, 4.69) is 5.32 Å². The zero-order chi connectivity index (χ0) is 13.8. The smallest absolute Gasteiger partial charge is 0.221 e. The molecule has 0 fully saturated rings. The highest BCUT2D eigenvalue weighted by molar-refractivity contribution is 5.77. The Labute approximate surface area is 107 Å². The van der Waals surface area contributed by atoms with Gasteiger partial charge in [0.05, 0.1) is 12.1 Å². The fourth-order valence-corrected chi connectivity index (χ4v) is 1.73. The summed E-state index contributed by atoms with van der Waals surface area (Å²) in [4.78, 5) is 11.8. The average molecular weight is 253 g/mol. The molecule has 1 aromatic rings. The largest absolute Gasteiger partial charge is 0.394 e. The molecule has 0 saturated carbocycles. The third-order valence-electron chi connectivity index (χ3n) is 2.80. The van der Waals surface area contributed by atoms with Crippen molar-refractivity contribution in [1.29, 1.82) is 0 Å². The minimum Gasteiger partial charge on any atom is -0.394 e. The van der Waals surface area contributed by atoms with Crippen LogP contribution in [-0.4, -0.2) is 23.2 Å². The third-order valence-corrected chi connectivity index (χ3v) is 2.80. The van der Waals surface area contributed by atoms with Crippen LogP contribution in [0.5, 0.6) is 0 Å². The summed E-state index contributed by atoms with van der Waals surface area (Å²) < 4.78 is 13.5.